The van der Waals surface area contributed by atoms with Crippen LogP contribution in [0.4, 0.5) is 11.4 Å². The van der Waals surface area contributed by atoms with Gasteiger partial charge in [-0.25, -0.2) is 0 Å². The van der Waals surface area contributed by atoms with Crippen LogP contribution in [0.25, 0.3) is 0 Å². The third-order valence-corrected chi connectivity index (χ3v) is 2.56. The van der Waals surface area contributed by atoms with Gasteiger partial charge in [-0.2, -0.15) is 5.10 Å². The lowest BCUT2D eigenvalue weighted by molar-refractivity contribution is -0.384. The van der Waals surface area contributed by atoms with Crippen LogP contribution in [0.3, 0.4) is 0 Å². The normalized spacial score (nSPS) is 10.3. The first-order valence-corrected chi connectivity index (χ1v) is 5.40. The number of nitrogens with one attached hydrogen (secondary N) is 1. The molecule has 0 aliphatic heterocycles. The summed E-state index contributed by atoms with van der Waals surface area (Å²) in [5, 5.41) is 15.4. The molecule has 18 heavy (non-hydrogen) atoms. The molecule has 2 aromatic rings. The lowest BCUT2D eigenvalue weighted by Gasteiger charge is -2.05. The molecule has 7 nitrogen and oxygen atoms in total. The number of nitro groups is 1. The van der Waals surface area contributed by atoms with Gasteiger partial charge < -0.3 is 5.43 Å². The van der Waals surface area contributed by atoms with E-state index in [4.69, 9.17) is 17.4 Å². The van der Waals surface area contributed by atoms with Crippen molar-refractivity contribution in [3.05, 3.63) is 51.3 Å². The van der Waals surface area contributed by atoms with Crippen molar-refractivity contribution in [2.45, 2.75) is 6.54 Å². The van der Waals surface area contributed by atoms with Crippen molar-refractivity contribution < 1.29 is 4.92 Å². The molecule has 2 rings (SSSR count). The summed E-state index contributed by atoms with van der Waals surface area (Å²) in [6.07, 6.45) is 3.15. The molecule has 0 unspecified atom stereocenters. The number of halogens is 1. The van der Waals surface area contributed by atoms with Gasteiger partial charge in [0.2, 0.25) is 0 Å². The fourth-order valence-corrected chi connectivity index (χ4v) is 1.72. The van der Waals surface area contributed by atoms with Crippen LogP contribution in [0.2, 0.25) is 5.02 Å². The van der Waals surface area contributed by atoms with E-state index < -0.39 is 4.92 Å². The molecular formula is C10H10ClN5O2. The van der Waals surface area contributed by atoms with E-state index in [2.05, 4.69) is 10.5 Å². The SMILES string of the molecule is NNc1ccc(Cn2cc(Cl)cn2)cc1[N+](=O)[O-]. The summed E-state index contributed by atoms with van der Waals surface area (Å²) < 4.78 is 1.59. The van der Waals surface area contributed by atoms with Crippen LogP contribution >= 0.6 is 11.6 Å². The van der Waals surface area contributed by atoms with E-state index in [-0.39, 0.29) is 11.4 Å². The van der Waals surface area contributed by atoms with Crippen molar-refractivity contribution in [1.82, 2.24) is 9.78 Å². The molecule has 0 bridgehead atoms. The van der Waals surface area contributed by atoms with Crippen LogP contribution in [-0.2, 0) is 6.54 Å². The Balaban J connectivity index is 2.29. The topological polar surface area (TPSA) is 99.0 Å². The van der Waals surface area contributed by atoms with Crippen LogP contribution in [0.15, 0.2) is 30.6 Å². The lowest BCUT2D eigenvalue weighted by Crippen LogP contribution is -2.09. The summed E-state index contributed by atoms with van der Waals surface area (Å²) in [5.74, 6) is 5.20. The van der Waals surface area contributed by atoms with Crippen molar-refractivity contribution >= 4 is 23.0 Å². The second-order valence-corrected chi connectivity index (χ2v) is 4.05. The number of aromatic nitrogens is 2. The molecule has 0 atom stereocenters. The molecule has 94 valence electrons. The largest absolute Gasteiger partial charge is 0.318 e. The van der Waals surface area contributed by atoms with Crippen molar-refractivity contribution in [2.24, 2.45) is 5.84 Å². The fourth-order valence-electron chi connectivity index (χ4n) is 1.56. The molecule has 1 heterocycles. The zero-order valence-corrected chi connectivity index (χ0v) is 9.96. The molecule has 0 saturated carbocycles. The smallest absolute Gasteiger partial charge is 0.293 e. The first kappa shape index (κ1) is 12.3. The standard InChI is InChI=1S/C10H10ClN5O2/c11-8-4-13-15(6-8)5-7-1-2-9(14-12)10(3-7)16(17)18/h1-4,6,14H,5,12H2. The summed E-state index contributed by atoms with van der Waals surface area (Å²) >= 11 is 5.74. The van der Waals surface area contributed by atoms with Gasteiger partial charge >= 0.3 is 0 Å². The number of nitrogens with two attached hydrogens (primary N) is 1. The number of hydrogen-bond donors (Lipinski definition) is 2. The highest BCUT2D eigenvalue weighted by atomic mass is 35.5. The minimum absolute atomic E-state index is 0.0757. The van der Waals surface area contributed by atoms with Crippen LogP contribution in [0.5, 0.6) is 0 Å². The minimum atomic E-state index is -0.491. The second kappa shape index (κ2) is 5.03. The minimum Gasteiger partial charge on any atom is -0.318 e. The number of hydrazine groups is 1. The summed E-state index contributed by atoms with van der Waals surface area (Å²) in [6.45, 7) is 0.401. The van der Waals surface area contributed by atoms with Crippen LogP contribution in [0.1, 0.15) is 5.56 Å². The molecule has 0 radical (unpaired) electrons. The van der Waals surface area contributed by atoms with Gasteiger partial charge in [0.05, 0.1) is 22.7 Å². The monoisotopic (exact) mass is 267 g/mol. The molecule has 0 spiro atoms. The van der Waals surface area contributed by atoms with Crippen molar-refractivity contribution in [1.29, 1.82) is 0 Å². The zero-order valence-electron chi connectivity index (χ0n) is 9.21. The third-order valence-electron chi connectivity index (χ3n) is 2.36. The first-order chi connectivity index (χ1) is 8.60. The van der Waals surface area contributed by atoms with Crippen molar-refractivity contribution in [3.63, 3.8) is 0 Å². The van der Waals surface area contributed by atoms with Gasteiger partial charge in [0.25, 0.3) is 5.69 Å². The molecule has 1 aromatic carbocycles. The van der Waals surface area contributed by atoms with Crippen LogP contribution < -0.4 is 11.3 Å². The van der Waals surface area contributed by atoms with E-state index in [1.54, 1.807) is 23.0 Å². The molecule has 0 aliphatic rings. The average molecular weight is 268 g/mol. The molecule has 8 heteroatoms. The first-order valence-electron chi connectivity index (χ1n) is 5.02. The maximum absolute atomic E-state index is 10.9. The van der Waals surface area contributed by atoms with E-state index in [0.717, 1.165) is 5.56 Å². The quantitative estimate of drug-likeness (QED) is 0.500. The maximum Gasteiger partial charge on any atom is 0.293 e. The Labute approximate surface area is 107 Å². The molecule has 0 amide bonds. The van der Waals surface area contributed by atoms with Gasteiger partial charge in [-0.3, -0.25) is 20.6 Å². The fraction of sp³-hybridized carbons (Fsp3) is 0.100. The van der Waals surface area contributed by atoms with E-state index >= 15 is 0 Å². The number of hydrogen-bond acceptors (Lipinski definition) is 5. The van der Waals surface area contributed by atoms with Crippen molar-refractivity contribution in [3.8, 4) is 0 Å². The van der Waals surface area contributed by atoms with Crippen LogP contribution in [0, 0.1) is 10.1 Å². The van der Waals surface area contributed by atoms with Gasteiger partial charge in [-0.1, -0.05) is 17.7 Å². The maximum atomic E-state index is 10.9. The predicted octanol–water partition coefficient (Wildman–Crippen LogP) is 1.78. The number of benzene rings is 1. The lowest BCUT2D eigenvalue weighted by atomic mass is 10.1. The molecule has 1 aromatic heterocycles. The molecule has 0 aliphatic carbocycles. The summed E-state index contributed by atoms with van der Waals surface area (Å²) in [5.41, 5.74) is 3.21. The highest BCUT2D eigenvalue weighted by molar-refractivity contribution is 6.30. The van der Waals surface area contributed by atoms with Gasteiger partial charge in [-0.05, 0) is 11.6 Å². The summed E-state index contributed by atoms with van der Waals surface area (Å²) in [4.78, 5) is 10.4. The average Bonchev–Trinajstić information content (AvgIpc) is 2.74. The van der Waals surface area contributed by atoms with E-state index in [9.17, 15) is 10.1 Å². The second-order valence-electron chi connectivity index (χ2n) is 3.61. The Hall–Kier alpha value is -2.12. The Morgan fingerprint density at radius 3 is 2.89 bits per heavy atom. The zero-order chi connectivity index (χ0) is 13.1. The summed E-state index contributed by atoms with van der Waals surface area (Å²) in [6, 6.07) is 4.74. The highest BCUT2D eigenvalue weighted by Crippen LogP contribution is 2.25. The van der Waals surface area contributed by atoms with Gasteiger partial charge in [0.15, 0.2) is 0 Å². The van der Waals surface area contributed by atoms with Gasteiger partial charge in [0.1, 0.15) is 5.69 Å². The number of nitrogen functional groups attached to an aromatic ring is 1. The number of rotatable bonds is 4. The predicted molar refractivity (Wildman–Crippen MR) is 67.2 cm³/mol. The number of anilines is 1. The van der Waals surface area contributed by atoms with Gasteiger partial charge in [0, 0.05) is 12.3 Å². The van der Waals surface area contributed by atoms with E-state index in [1.165, 1.54) is 12.3 Å². The number of nitro benzene ring substituents is 1. The van der Waals surface area contributed by atoms with Crippen molar-refractivity contribution in [2.75, 3.05) is 5.43 Å². The van der Waals surface area contributed by atoms with E-state index in [1.807, 2.05) is 0 Å². The number of nitrogens with zero attached hydrogens (tertiary/aromatic N) is 3. The molecular weight excluding hydrogens is 258 g/mol. The Morgan fingerprint density at radius 2 is 2.33 bits per heavy atom. The third kappa shape index (κ3) is 2.58. The molecule has 0 saturated heterocycles. The van der Waals surface area contributed by atoms with Gasteiger partial charge in [-0.15, -0.1) is 0 Å². The molecule has 0 fully saturated rings. The Morgan fingerprint density at radius 1 is 1.56 bits per heavy atom. The van der Waals surface area contributed by atoms with Crippen LogP contribution in [-0.4, -0.2) is 14.7 Å². The Bertz CT molecular complexity index is 583. The van der Waals surface area contributed by atoms with E-state index in [0.29, 0.717) is 11.6 Å². The molecule has 3 N–H and O–H groups in total. The Kier molecular flexibility index (Phi) is 3.45. The summed E-state index contributed by atoms with van der Waals surface area (Å²) in [7, 11) is 0. The highest BCUT2D eigenvalue weighted by Gasteiger charge is 2.13.